The van der Waals surface area contributed by atoms with Gasteiger partial charge in [0.05, 0.1) is 0 Å². The second kappa shape index (κ2) is 5.62. The Morgan fingerprint density at radius 2 is 2.06 bits per heavy atom. The highest BCUT2D eigenvalue weighted by atomic mass is 79.9. The van der Waals surface area contributed by atoms with E-state index in [-0.39, 0.29) is 6.04 Å². The Balaban J connectivity index is 2.17. The number of anilines is 1. The monoisotopic (exact) mass is 310 g/mol. The Labute approximate surface area is 119 Å². The van der Waals surface area contributed by atoms with E-state index in [0.717, 1.165) is 29.4 Å². The summed E-state index contributed by atoms with van der Waals surface area (Å²) in [7, 11) is 0. The van der Waals surface area contributed by atoms with Crippen LogP contribution in [0.4, 0.5) is 5.69 Å². The lowest BCUT2D eigenvalue weighted by Crippen LogP contribution is -2.38. The molecule has 3 atom stereocenters. The normalized spacial score (nSPS) is 26.2. The van der Waals surface area contributed by atoms with Gasteiger partial charge >= 0.3 is 0 Å². The van der Waals surface area contributed by atoms with Crippen LogP contribution in [0.3, 0.4) is 0 Å². The summed E-state index contributed by atoms with van der Waals surface area (Å²) in [6, 6.07) is 6.63. The molecule has 0 bridgehead atoms. The number of hydrogen-bond acceptors (Lipinski definition) is 2. The molecule has 3 heteroatoms. The summed E-state index contributed by atoms with van der Waals surface area (Å²) >= 11 is 3.63. The number of halogens is 1. The van der Waals surface area contributed by atoms with E-state index in [2.05, 4.69) is 52.9 Å². The van der Waals surface area contributed by atoms with Crippen molar-refractivity contribution in [1.82, 2.24) is 0 Å². The molecule has 0 radical (unpaired) electrons. The van der Waals surface area contributed by atoms with Crippen molar-refractivity contribution >= 4 is 21.6 Å². The van der Waals surface area contributed by atoms with Crippen LogP contribution in [0, 0.1) is 11.8 Å². The predicted molar refractivity (Wildman–Crippen MR) is 81.9 cm³/mol. The van der Waals surface area contributed by atoms with Crippen molar-refractivity contribution in [3.8, 4) is 0 Å². The van der Waals surface area contributed by atoms with Crippen LogP contribution in [-0.4, -0.2) is 13.1 Å². The molecule has 1 aromatic carbocycles. The van der Waals surface area contributed by atoms with E-state index in [1.165, 1.54) is 17.7 Å². The maximum Gasteiger partial charge on any atom is 0.0377 e. The van der Waals surface area contributed by atoms with Crippen molar-refractivity contribution in [3.05, 3.63) is 28.2 Å². The summed E-state index contributed by atoms with van der Waals surface area (Å²) in [6.07, 6.45) is 1.29. The summed E-state index contributed by atoms with van der Waals surface area (Å²) in [4.78, 5) is 2.49. The third kappa shape index (κ3) is 2.89. The minimum Gasteiger partial charge on any atom is -0.371 e. The molecular formula is C15H23BrN2. The third-order valence-corrected chi connectivity index (χ3v) is 4.86. The lowest BCUT2D eigenvalue weighted by molar-refractivity contribution is 0.324. The fraction of sp³-hybridized carbons (Fsp3) is 0.600. The van der Waals surface area contributed by atoms with E-state index in [0.29, 0.717) is 0 Å². The van der Waals surface area contributed by atoms with Gasteiger partial charge in [-0.15, -0.1) is 0 Å². The van der Waals surface area contributed by atoms with Crippen molar-refractivity contribution < 1.29 is 0 Å². The van der Waals surface area contributed by atoms with Crippen molar-refractivity contribution in [2.24, 2.45) is 17.6 Å². The summed E-state index contributed by atoms with van der Waals surface area (Å²) in [5.41, 5.74) is 8.43. The molecule has 2 rings (SSSR count). The van der Waals surface area contributed by atoms with E-state index in [4.69, 9.17) is 5.73 Å². The molecule has 100 valence electrons. The number of piperidine rings is 1. The molecule has 3 unspecified atom stereocenters. The molecule has 1 saturated heterocycles. The minimum absolute atomic E-state index is 0.0775. The summed E-state index contributed by atoms with van der Waals surface area (Å²) in [5.74, 6) is 1.61. The second-order valence-corrected chi connectivity index (χ2v) is 6.54. The molecule has 0 aliphatic carbocycles. The molecule has 18 heavy (non-hydrogen) atoms. The van der Waals surface area contributed by atoms with Crippen molar-refractivity contribution in [3.63, 3.8) is 0 Å². The van der Waals surface area contributed by atoms with Gasteiger partial charge in [-0.3, -0.25) is 0 Å². The maximum atomic E-state index is 5.94. The first kappa shape index (κ1) is 13.9. The fourth-order valence-corrected chi connectivity index (χ4v) is 3.31. The first-order valence-electron chi connectivity index (χ1n) is 6.79. The van der Waals surface area contributed by atoms with Gasteiger partial charge in [0.25, 0.3) is 0 Å². The van der Waals surface area contributed by atoms with E-state index < -0.39 is 0 Å². The SMILES string of the molecule is CC(N)c1ccc(N2CCC(C)C(C)C2)cc1Br. The first-order chi connectivity index (χ1) is 8.49. The largest absolute Gasteiger partial charge is 0.371 e. The van der Waals surface area contributed by atoms with Gasteiger partial charge in [0.2, 0.25) is 0 Å². The molecule has 1 fully saturated rings. The van der Waals surface area contributed by atoms with Gasteiger partial charge in [0.15, 0.2) is 0 Å². The quantitative estimate of drug-likeness (QED) is 0.896. The standard InChI is InChI=1S/C15H23BrN2/c1-10-6-7-18(9-11(10)2)13-4-5-14(12(3)17)15(16)8-13/h4-5,8,10-12H,6-7,9,17H2,1-3H3. The Hall–Kier alpha value is -0.540. The topological polar surface area (TPSA) is 29.3 Å². The molecule has 1 heterocycles. The van der Waals surface area contributed by atoms with Crippen molar-refractivity contribution in [2.45, 2.75) is 33.2 Å². The smallest absolute Gasteiger partial charge is 0.0377 e. The van der Waals surface area contributed by atoms with Crippen LogP contribution in [0.5, 0.6) is 0 Å². The molecule has 0 spiro atoms. The van der Waals surface area contributed by atoms with Crippen LogP contribution in [0.15, 0.2) is 22.7 Å². The number of rotatable bonds is 2. The number of benzene rings is 1. The minimum atomic E-state index is 0.0775. The first-order valence-corrected chi connectivity index (χ1v) is 7.58. The Bertz CT molecular complexity index is 417. The maximum absolute atomic E-state index is 5.94. The van der Waals surface area contributed by atoms with E-state index in [1.807, 2.05) is 6.92 Å². The van der Waals surface area contributed by atoms with Gasteiger partial charge in [-0.05, 0) is 42.9 Å². The average Bonchev–Trinajstić information content (AvgIpc) is 2.32. The number of nitrogens with zero attached hydrogens (tertiary/aromatic N) is 1. The van der Waals surface area contributed by atoms with Crippen LogP contribution < -0.4 is 10.6 Å². The van der Waals surface area contributed by atoms with Crippen LogP contribution in [0.2, 0.25) is 0 Å². The van der Waals surface area contributed by atoms with Gasteiger partial charge in [0.1, 0.15) is 0 Å². The molecule has 0 saturated carbocycles. The number of nitrogens with two attached hydrogens (primary N) is 1. The zero-order valence-corrected chi connectivity index (χ0v) is 13.1. The van der Waals surface area contributed by atoms with E-state index in [9.17, 15) is 0 Å². The van der Waals surface area contributed by atoms with Gasteiger partial charge in [-0.2, -0.15) is 0 Å². The highest BCUT2D eigenvalue weighted by molar-refractivity contribution is 9.10. The summed E-state index contributed by atoms with van der Waals surface area (Å²) in [6.45, 7) is 9.05. The van der Waals surface area contributed by atoms with Gasteiger partial charge < -0.3 is 10.6 Å². The molecule has 0 amide bonds. The van der Waals surface area contributed by atoms with Crippen LogP contribution in [0.1, 0.15) is 38.8 Å². The van der Waals surface area contributed by atoms with Crippen molar-refractivity contribution in [1.29, 1.82) is 0 Å². The van der Waals surface area contributed by atoms with E-state index >= 15 is 0 Å². The highest BCUT2D eigenvalue weighted by Gasteiger charge is 2.23. The highest BCUT2D eigenvalue weighted by Crippen LogP contribution is 2.31. The molecular weight excluding hydrogens is 288 g/mol. The molecule has 2 nitrogen and oxygen atoms in total. The Morgan fingerprint density at radius 1 is 1.33 bits per heavy atom. The lowest BCUT2D eigenvalue weighted by Gasteiger charge is -2.37. The third-order valence-electron chi connectivity index (χ3n) is 4.17. The van der Waals surface area contributed by atoms with E-state index in [1.54, 1.807) is 0 Å². The van der Waals surface area contributed by atoms with Gasteiger partial charge in [-0.25, -0.2) is 0 Å². The molecule has 1 aromatic rings. The Morgan fingerprint density at radius 3 is 2.61 bits per heavy atom. The summed E-state index contributed by atoms with van der Waals surface area (Å²) < 4.78 is 1.13. The fourth-order valence-electron chi connectivity index (χ4n) is 2.58. The lowest BCUT2D eigenvalue weighted by atomic mass is 9.88. The van der Waals surface area contributed by atoms with Gasteiger partial charge in [-0.1, -0.05) is 35.8 Å². The Kier molecular flexibility index (Phi) is 4.33. The number of hydrogen-bond donors (Lipinski definition) is 1. The molecule has 2 N–H and O–H groups in total. The average molecular weight is 311 g/mol. The molecule has 0 aromatic heterocycles. The van der Waals surface area contributed by atoms with Crippen molar-refractivity contribution in [2.75, 3.05) is 18.0 Å². The van der Waals surface area contributed by atoms with Crippen LogP contribution in [-0.2, 0) is 0 Å². The van der Waals surface area contributed by atoms with Crippen LogP contribution in [0.25, 0.3) is 0 Å². The summed E-state index contributed by atoms with van der Waals surface area (Å²) in [5, 5.41) is 0. The van der Waals surface area contributed by atoms with Gasteiger partial charge in [0, 0.05) is 29.3 Å². The molecule has 1 aliphatic rings. The second-order valence-electron chi connectivity index (χ2n) is 5.68. The zero-order valence-electron chi connectivity index (χ0n) is 11.5. The predicted octanol–water partition coefficient (Wildman–Crippen LogP) is 3.95. The zero-order chi connectivity index (χ0) is 13.3. The molecule has 1 aliphatic heterocycles. The van der Waals surface area contributed by atoms with Crippen LogP contribution >= 0.6 is 15.9 Å².